The maximum Gasteiger partial charge on any atom is -0.0258 e. The number of hydrogen-bond donors (Lipinski definition) is 0. The lowest BCUT2D eigenvalue weighted by molar-refractivity contribution is 0.00435. The van der Waals surface area contributed by atoms with Crippen molar-refractivity contribution in [3.05, 3.63) is 0 Å². The Bertz CT molecular complexity index is 607. The zero-order valence-corrected chi connectivity index (χ0v) is 17.4. The van der Waals surface area contributed by atoms with Crippen LogP contribution in [-0.2, 0) is 0 Å². The van der Waals surface area contributed by atoms with Gasteiger partial charge in [0.25, 0.3) is 0 Å². The van der Waals surface area contributed by atoms with Gasteiger partial charge in [-0.15, -0.1) is 0 Å². The van der Waals surface area contributed by atoms with Crippen LogP contribution in [0.3, 0.4) is 0 Å². The lowest BCUT2D eigenvalue weighted by atomic mass is 9.57. The van der Waals surface area contributed by atoms with Crippen LogP contribution in [0.2, 0.25) is 0 Å². The van der Waals surface area contributed by atoms with E-state index in [1.807, 2.05) is 0 Å². The van der Waals surface area contributed by atoms with Gasteiger partial charge in [-0.05, 0) is 108 Å². The van der Waals surface area contributed by atoms with Crippen LogP contribution in [0, 0.1) is 69.5 Å². The molecule has 0 aromatic rings. The van der Waals surface area contributed by atoms with E-state index in [0.29, 0.717) is 10.8 Å². The second kappa shape index (κ2) is 4.52. The van der Waals surface area contributed by atoms with Gasteiger partial charge in [0.05, 0.1) is 0 Å². The third-order valence-corrected chi connectivity index (χ3v) is 12.1. The predicted molar refractivity (Wildman–Crippen MR) is 104 cm³/mol. The molecular formula is C25H40. The minimum atomic E-state index is 0.634. The molecule has 6 aliphatic rings. The van der Waals surface area contributed by atoms with Crippen molar-refractivity contribution >= 4 is 0 Å². The Hall–Kier alpha value is 0. The summed E-state index contributed by atoms with van der Waals surface area (Å²) < 4.78 is 0. The second-order valence-corrected chi connectivity index (χ2v) is 12.6. The molecule has 0 radical (unpaired) electrons. The highest BCUT2D eigenvalue weighted by molar-refractivity contribution is 5.24. The summed E-state index contributed by atoms with van der Waals surface area (Å²) in [6.45, 7) is 13.3. The van der Waals surface area contributed by atoms with Gasteiger partial charge < -0.3 is 0 Å². The standard InChI is InChI=1S/C25H40/c1-6-23(3)13-24(4,7-2)22-18-11-16(21(22)23)17-12-25(18,5)20-15-9-8-14(10-15)19(17)20/h14-22H,6-13H2,1-5H3. The van der Waals surface area contributed by atoms with Gasteiger partial charge in [0.15, 0.2) is 0 Å². The molecular weight excluding hydrogens is 300 g/mol. The van der Waals surface area contributed by atoms with E-state index in [9.17, 15) is 0 Å². The van der Waals surface area contributed by atoms with Crippen molar-refractivity contribution in [3.8, 4) is 0 Å². The summed E-state index contributed by atoms with van der Waals surface area (Å²) in [6, 6.07) is 0. The molecule has 140 valence electrons. The summed E-state index contributed by atoms with van der Waals surface area (Å²) in [7, 11) is 0. The molecule has 25 heavy (non-hydrogen) atoms. The Morgan fingerprint density at radius 3 is 2.16 bits per heavy atom. The molecule has 0 nitrogen and oxygen atoms in total. The van der Waals surface area contributed by atoms with Crippen LogP contribution >= 0.6 is 0 Å². The number of hydrogen-bond acceptors (Lipinski definition) is 0. The first-order valence-electron chi connectivity index (χ1n) is 11.9. The van der Waals surface area contributed by atoms with E-state index in [-0.39, 0.29) is 0 Å². The summed E-state index contributed by atoms with van der Waals surface area (Å²) in [5.41, 5.74) is 2.00. The van der Waals surface area contributed by atoms with Crippen molar-refractivity contribution in [2.24, 2.45) is 69.5 Å². The van der Waals surface area contributed by atoms with Crippen LogP contribution in [0.5, 0.6) is 0 Å². The number of fused-ring (bicyclic) bond motifs is 4. The quantitative estimate of drug-likeness (QED) is 0.519. The smallest absolute Gasteiger partial charge is 0.0258 e. The minimum absolute atomic E-state index is 0.634. The second-order valence-electron chi connectivity index (χ2n) is 12.6. The van der Waals surface area contributed by atoms with Gasteiger partial charge in [-0.2, -0.15) is 0 Å². The normalized spacial score (nSPS) is 69.2. The van der Waals surface area contributed by atoms with Crippen LogP contribution < -0.4 is 0 Å². The average Bonchev–Trinajstić information content (AvgIpc) is 3.34. The molecule has 0 spiro atoms. The van der Waals surface area contributed by atoms with E-state index in [1.165, 1.54) is 19.3 Å². The van der Waals surface area contributed by atoms with Crippen LogP contribution in [0.25, 0.3) is 0 Å². The molecule has 6 saturated carbocycles. The fraction of sp³-hybridized carbons (Fsp3) is 1.00. The van der Waals surface area contributed by atoms with Crippen molar-refractivity contribution in [1.29, 1.82) is 0 Å². The zero-order valence-electron chi connectivity index (χ0n) is 17.4. The molecule has 0 aliphatic heterocycles. The van der Waals surface area contributed by atoms with Crippen LogP contribution in [-0.4, -0.2) is 0 Å². The SMILES string of the molecule is CCC1(C)CC(C)(CC)C2C1C1CC2C2(C)CC1C1C3CCC(C3)C12. The summed E-state index contributed by atoms with van der Waals surface area (Å²) in [4.78, 5) is 0. The molecule has 12 atom stereocenters. The lowest BCUT2D eigenvalue weighted by Crippen LogP contribution is -2.42. The molecule has 0 amide bonds. The Morgan fingerprint density at radius 1 is 0.760 bits per heavy atom. The van der Waals surface area contributed by atoms with Gasteiger partial charge in [-0.1, -0.05) is 47.5 Å². The maximum absolute atomic E-state index is 2.81. The highest BCUT2D eigenvalue weighted by Crippen LogP contribution is 2.82. The van der Waals surface area contributed by atoms with Crippen molar-refractivity contribution in [1.82, 2.24) is 0 Å². The van der Waals surface area contributed by atoms with E-state index < -0.39 is 0 Å². The average molecular weight is 341 g/mol. The first kappa shape index (κ1) is 16.0. The summed E-state index contributed by atoms with van der Waals surface area (Å²) in [5, 5.41) is 0. The molecule has 0 heterocycles. The molecule has 6 bridgehead atoms. The van der Waals surface area contributed by atoms with Gasteiger partial charge in [0, 0.05) is 0 Å². The highest BCUT2D eigenvalue weighted by atomic mass is 14.8. The van der Waals surface area contributed by atoms with Gasteiger partial charge in [-0.25, -0.2) is 0 Å². The molecule has 6 fully saturated rings. The van der Waals surface area contributed by atoms with E-state index in [2.05, 4.69) is 34.6 Å². The molecule has 12 unspecified atom stereocenters. The molecule has 0 aromatic carbocycles. The van der Waals surface area contributed by atoms with Crippen molar-refractivity contribution in [2.75, 3.05) is 0 Å². The molecule has 6 aliphatic carbocycles. The largest absolute Gasteiger partial charge is 0.0649 e. The topological polar surface area (TPSA) is 0 Å². The highest BCUT2D eigenvalue weighted by Gasteiger charge is 2.76. The van der Waals surface area contributed by atoms with E-state index in [4.69, 9.17) is 0 Å². The third-order valence-electron chi connectivity index (χ3n) is 12.1. The Labute approximate surface area is 155 Å². The zero-order chi connectivity index (χ0) is 17.4. The van der Waals surface area contributed by atoms with Crippen molar-refractivity contribution in [2.45, 2.75) is 86.0 Å². The molecule has 0 heteroatoms. The van der Waals surface area contributed by atoms with E-state index >= 15 is 0 Å². The fourth-order valence-electron chi connectivity index (χ4n) is 11.5. The Balaban J connectivity index is 1.50. The number of rotatable bonds is 2. The van der Waals surface area contributed by atoms with Crippen LogP contribution in [0.15, 0.2) is 0 Å². The Morgan fingerprint density at radius 2 is 1.44 bits per heavy atom. The third kappa shape index (κ3) is 1.57. The fourth-order valence-corrected chi connectivity index (χ4v) is 11.5. The minimum Gasteiger partial charge on any atom is -0.0649 e. The van der Waals surface area contributed by atoms with E-state index in [1.54, 1.807) is 32.1 Å². The summed E-state index contributed by atoms with van der Waals surface area (Å²) >= 11 is 0. The molecule has 0 N–H and O–H groups in total. The Kier molecular flexibility index (Phi) is 2.89. The van der Waals surface area contributed by atoms with Crippen molar-refractivity contribution < 1.29 is 0 Å². The summed E-state index contributed by atoms with van der Waals surface area (Å²) in [6.07, 6.45) is 12.5. The van der Waals surface area contributed by atoms with E-state index in [0.717, 1.165) is 58.7 Å². The van der Waals surface area contributed by atoms with Gasteiger partial charge in [0.1, 0.15) is 0 Å². The van der Waals surface area contributed by atoms with Crippen LogP contribution in [0.4, 0.5) is 0 Å². The maximum atomic E-state index is 2.81. The first-order chi connectivity index (χ1) is 11.9. The van der Waals surface area contributed by atoms with Gasteiger partial charge in [-0.3, -0.25) is 0 Å². The molecule has 0 aromatic heterocycles. The monoisotopic (exact) mass is 340 g/mol. The summed E-state index contributed by atoms with van der Waals surface area (Å²) in [5.74, 6) is 10.0. The van der Waals surface area contributed by atoms with Gasteiger partial charge in [0.2, 0.25) is 0 Å². The predicted octanol–water partition coefficient (Wildman–Crippen LogP) is 6.79. The van der Waals surface area contributed by atoms with Crippen LogP contribution in [0.1, 0.15) is 86.0 Å². The first-order valence-corrected chi connectivity index (χ1v) is 11.9. The molecule has 0 saturated heterocycles. The van der Waals surface area contributed by atoms with Crippen molar-refractivity contribution in [3.63, 3.8) is 0 Å². The molecule has 6 rings (SSSR count). The van der Waals surface area contributed by atoms with Gasteiger partial charge >= 0.3 is 0 Å². The lowest BCUT2D eigenvalue weighted by Gasteiger charge is -2.47.